The number of hydrazine groups is 1. The van der Waals surface area contributed by atoms with Crippen LogP contribution in [0.3, 0.4) is 0 Å². The molecular formula is C16H18F2N2S. The lowest BCUT2D eigenvalue weighted by Crippen LogP contribution is -2.38. The summed E-state index contributed by atoms with van der Waals surface area (Å²) in [4.78, 5) is 1.17. The fourth-order valence-electron chi connectivity index (χ4n) is 2.02. The van der Waals surface area contributed by atoms with Crippen molar-refractivity contribution in [1.82, 2.24) is 5.43 Å². The number of hydrogen-bond donors (Lipinski definition) is 2. The van der Waals surface area contributed by atoms with Gasteiger partial charge in [-0.25, -0.2) is 8.78 Å². The number of benzene rings is 2. The van der Waals surface area contributed by atoms with Crippen LogP contribution in [-0.2, 0) is 6.42 Å². The molecule has 0 amide bonds. The van der Waals surface area contributed by atoms with Gasteiger partial charge in [0.25, 0.3) is 0 Å². The molecule has 1 unspecified atom stereocenters. The number of halogens is 2. The number of thioether (sulfide) groups is 1. The van der Waals surface area contributed by atoms with E-state index >= 15 is 0 Å². The number of nitrogens with two attached hydrogens (primary N) is 1. The first-order valence-electron chi connectivity index (χ1n) is 6.68. The normalized spacial score (nSPS) is 12.4. The molecule has 21 heavy (non-hydrogen) atoms. The van der Waals surface area contributed by atoms with E-state index in [1.54, 1.807) is 17.8 Å². The Balaban J connectivity index is 1.95. The fraction of sp³-hybridized carbons (Fsp3) is 0.250. The summed E-state index contributed by atoms with van der Waals surface area (Å²) >= 11 is 1.68. The minimum Gasteiger partial charge on any atom is -0.271 e. The van der Waals surface area contributed by atoms with Gasteiger partial charge >= 0.3 is 0 Å². The van der Waals surface area contributed by atoms with Gasteiger partial charge in [0, 0.05) is 16.7 Å². The highest BCUT2D eigenvalue weighted by atomic mass is 32.2. The van der Waals surface area contributed by atoms with E-state index in [9.17, 15) is 8.78 Å². The standard InChI is InChI=1S/C16H18F2N2S/c1-11-3-2-4-14(7-11)21-10-13(20-19)8-12-5-6-15(17)16(18)9-12/h2-7,9,13,20H,8,10,19H2,1H3. The molecule has 2 rings (SSSR count). The van der Waals surface area contributed by atoms with E-state index in [1.807, 2.05) is 25.1 Å². The summed E-state index contributed by atoms with van der Waals surface area (Å²) in [5.41, 5.74) is 4.66. The van der Waals surface area contributed by atoms with Crippen molar-refractivity contribution in [2.45, 2.75) is 24.3 Å². The molecule has 0 saturated heterocycles. The number of aryl methyl sites for hydroxylation is 1. The molecule has 0 aliphatic heterocycles. The second-order valence-electron chi connectivity index (χ2n) is 4.94. The summed E-state index contributed by atoms with van der Waals surface area (Å²) in [7, 11) is 0. The molecule has 5 heteroatoms. The van der Waals surface area contributed by atoms with Crippen molar-refractivity contribution in [3.05, 3.63) is 65.2 Å². The molecule has 0 heterocycles. The second-order valence-corrected chi connectivity index (χ2v) is 6.04. The molecule has 0 bridgehead atoms. The van der Waals surface area contributed by atoms with E-state index in [0.29, 0.717) is 6.42 Å². The summed E-state index contributed by atoms with van der Waals surface area (Å²) < 4.78 is 26.1. The van der Waals surface area contributed by atoms with Gasteiger partial charge in [-0.2, -0.15) is 0 Å². The van der Waals surface area contributed by atoms with E-state index in [-0.39, 0.29) is 6.04 Å². The van der Waals surface area contributed by atoms with Gasteiger partial charge in [0.1, 0.15) is 0 Å². The molecule has 3 N–H and O–H groups in total. The van der Waals surface area contributed by atoms with Crippen LogP contribution in [0.2, 0.25) is 0 Å². The molecule has 2 aromatic rings. The average molecular weight is 308 g/mol. The Bertz CT molecular complexity index is 605. The first-order valence-corrected chi connectivity index (χ1v) is 7.66. The molecule has 0 aliphatic rings. The van der Waals surface area contributed by atoms with Crippen LogP contribution in [0.5, 0.6) is 0 Å². The summed E-state index contributed by atoms with van der Waals surface area (Å²) in [6, 6.07) is 12.1. The second kappa shape index (κ2) is 7.54. The van der Waals surface area contributed by atoms with Gasteiger partial charge < -0.3 is 0 Å². The zero-order chi connectivity index (χ0) is 15.2. The molecular weight excluding hydrogens is 290 g/mol. The maximum atomic E-state index is 13.2. The van der Waals surface area contributed by atoms with Crippen molar-refractivity contribution >= 4 is 11.8 Å². The highest BCUT2D eigenvalue weighted by molar-refractivity contribution is 7.99. The third-order valence-electron chi connectivity index (χ3n) is 3.14. The smallest absolute Gasteiger partial charge is 0.159 e. The van der Waals surface area contributed by atoms with Crippen molar-refractivity contribution in [3.63, 3.8) is 0 Å². The van der Waals surface area contributed by atoms with Gasteiger partial charge in [-0.3, -0.25) is 11.3 Å². The molecule has 1 atom stereocenters. The molecule has 2 aromatic carbocycles. The quantitative estimate of drug-likeness (QED) is 0.488. The predicted molar refractivity (Wildman–Crippen MR) is 83.1 cm³/mol. The average Bonchev–Trinajstić information content (AvgIpc) is 2.47. The Morgan fingerprint density at radius 2 is 1.95 bits per heavy atom. The molecule has 112 valence electrons. The van der Waals surface area contributed by atoms with Gasteiger partial charge in [-0.1, -0.05) is 23.8 Å². The van der Waals surface area contributed by atoms with Gasteiger partial charge in [-0.05, 0) is 43.2 Å². The van der Waals surface area contributed by atoms with Crippen LogP contribution in [0, 0.1) is 18.6 Å². The Morgan fingerprint density at radius 1 is 1.14 bits per heavy atom. The monoisotopic (exact) mass is 308 g/mol. The summed E-state index contributed by atoms with van der Waals surface area (Å²) in [6.07, 6.45) is 0.548. The van der Waals surface area contributed by atoms with E-state index in [1.165, 1.54) is 16.5 Å². The van der Waals surface area contributed by atoms with Gasteiger partial charge in [0.2, 0.25) is 0 Å². The third kappa shape index (κ3) is 4.81. The van der Waals surface area contributed by atoms with Crippen molar-refractivity contribution in [2.75, 3.05) is 5.75 Å². The number of nitrogens with one attached hydrogen (secondary N) is 1. The van der Waals surface area contributed by atoms with Crippen LogP contribution < -0.4 is 11.3 Å². The molecule has 2 nitrogen and oxygen atoms in total. The lowest BCUT2D eigenvalue weighted by molar-refractivity contribution is 0.504. The van der Waals surface area contributed by atoms with Crippen molar-refractivity contribution in [1.29, 1.82) is 0 Å². The SMILES string of the molecule is Cc1cccc(SCC(Cc2ccc(F)c(F)c2)NN)c1. The van der Waals surface area contributed by atoms with E-state index in [0.717, 1.165) is 17.4 Å². The van der Waals surface area contributed by atoms with Crippen LogP contribution in [0.1, 0.15) is 11.1 Å². The zero-order valence-corrected chi connectivity index (χ0v) is 12.6. The van der Waals surface area contributed by atoms with Crippen molar-refractivity contribution in [2.24, 2.45) is 5.84 Å². The lowest BCUT2D eigenvalue weighted by atomic mass is 10.1. The predicted octanol–water partition coefficient (Wildman–Crippen LogP) is 3.44. The first-order chi connectivity index (χ1) is 10.1. The molecule has 0 radical (unpaired) electrons. The van der Waals surface area contributed by atoms with Crippen LogP contribution in [-0.4, -0.2) is 11.8 Å². The Hall–Kier alpha value is -1.43. The minimum absolute atomic E-state index is 0.0135. The van der Waals surface area contributed by atoms with Crippen molar-refractivity contribution < 1.29 is 8.78 Å². The molecule has 0 saturated carbocycles. The van der Waals surface area contributed by atoms with Crippen molar-refractivity contribution in [3.8, 4) is 0 Å². The highest BCUT2D eigenvalue weighted by Crippen LogP contribution is 2.21. The van der Waals surface area contributed by atoms with Gasteiger partial charge in [0.05, 0.1) is 0 Å². The lowest BCUT2D eigenvalue weighted by Gasteiger charge is -2.16. The third-order valence-corrected chi connectivity index (χ3v) is 4.30. The van der Waals surface area contributed by atoms with Gasteiger partial charge in [0.15, 0.2) is 11.6 Å². The minimum atomic E-state index is -0.829. The molecule has 0 fully saturated rings. The largest absolute Gasteiger partial charge is 0.271 e. The maximum absolute atomic E-state index is 13.2. The number of hydrogen-bond acceptors (Lipinski definition) is 3. The maximum Gasteiger partial charge on any atom is 0.159 e. The number of rotatable bonds is 6. The summed E-state index contributed by atoms with van der Waals surface area (Å²) in [5, 5.41) is 0. The molecule has 0 spiro atoms. The van der Waals surface area contributed by atoms with E-state index in [4.69, 9.17) is 5.84 Å². The Kier molecular flexibility index (Phi) is 5.73. The Labute approximate surface area is 127 Å². The van der Waals surface area contributed by atoms with E-state index < -0.39 is 11.6 Å². The molecule has 0 aliphatic carbocycles. The van der Waals surface area contributed by atoms with Crippen LogP contribution in [0.25, 0.3) is 0 Å². The van der Waals surface area contributed by atoms with Crippen LogP contribution >= 0.6 is 11.8 Å². The summed E-state index contributed by atoms with van der Waals surface area (Å²) in [6.45, 7) is 2.05. The van der Waals surface area contributed by atoms with Crippen LogP contribution in [0.4, 0.5) is 8.78 Å². The van der Waals surface area contributed by atoms with Crippen LogP contribution in [0.15, 0.2) is 47.4 Å². The van der Waals surface area contributed by atoms with E-state index in [2.05, 4.69) is 11.5 Å². The zero-order valence-electron chi connectivity index (χ0n) is 11.8. The summed E-state index contributed by atoms with van der Waals surface area (Å²) in [5.74, 6) is 4.65. The first kappa shape index (κ1) is 15.9. The molecule has 0 aromatic heterocycles. The fourth-order valence-corrected chi connectivity index (χ4v) is 3.07. The highest BCUT2D eigenvalue weighted by Gasteiger charge is 2.11. The Morgan fingerprint density at radius 3 is 2.62 bits per heavy atom. The topological polar surface area (TPSA) is 38.0 Å². The van der Waals surface area contributed by atoms with Gasteiger partial charge in [-0.15, -0.1) is 11.8 Å².